The number of fused-ring (bicyclic) bond motifs is 1. The summed E-state index contributed by atoms with van der Waals surface area (Å²) in [7, 11) is 0. The number of aromatic carboxylic acids is 1. The summed E-state index contributed by atoms with van der Waals surface area (Å²) in [6.45, 7) is 4.44. The molecule has 2 heterocycles. The zero-order valence-corrected chi connectivity index (χ0v) is 13.1. The average Bonchev–Trinajstić information content (AvgIpc) is 2.90. The van der Waals surface area contributed by atoms with Crippen molar-refractivity contribution in [3.8, 4) is 0 Å². The van der Waals surface area contributed by atoms with Gasteiger partial charge in [0.15, 0.2) is 5.13 Å². The standard InChI is InChI=1S/C16H15N3O2S/c1-3-19(16-18-10(2)14(22-16)15(20)21)13-8-9-17-12-7-5-4-6-11(12)13/h4-9H,3H2,1-2H3,(H,20,21). The van der Waals surface area contributed by atoms with E-state index in [4.69, 9.17) is 0 Å². The largest absolute Gasteiger partial charge is 0.477 e. The number of aromatic nitrogens is 2. The number of carbonyl (C=O) groups is 1. The molecule has 22 heavy (non-hydrogen) atoms. The van der Waals surface area contributed by atoms with Crippen LogP contribution >= 0.6 is 11.3 Å². The van der Waals surface area contributed by atoms with Crippen LogP contribution in [0.5, 0.6) is 0 Å². The van der Waals surface area contributed by atoms with Crippen LogP contribution in [0.2, 0.25) is 0 Å². The highest BCUT2D eigenvalue weighted by molar-refractivity contribution is 7.17. The first kappa shape index (κ1) is 14.5. The highest BCUT2D eigenvalue weighted by Gasteiger charge is 2.19. The van der Waals surface area contributed by atoms with E-state index in [1.165, 1.54) is 11.3 Å². The van der Waals surface area contributed by atoms with Crippen molar-refractivity contribution in [3.05, 3.63) is 47.1 Å². The van der Waals surface area contributed by atoms with Crippen LogP contribution in [-0.2, 0) is 0 Å². The summed E-state index contributed by atoms with van der Waals surface area (Å²) in [6, 6.07) is 9.83. The lowest BCUT2D eigenvalue weighted by atomic mass is 10.2. The Morgan fingerprint density at radius 3 is 2.77 bits per heavy atom. The summed E-state index contributed by atoms with van der Waals surface area (Å²) in [5, 5.41) is 10.9. The molecule has 1 aromatic carbocycles. The highest BCUT2D eigenvalue weighted by atomic mass is 32.1. The van der Waals surface area contributed by atoms with Gasteiger partial charge in [0.05, 0.1) is 16.9 Å². The average molecular weight is 313 g/mol. The minimum Gasteiger partial charge on any atom is -0.477 e. The van der Waals surface area contributed by atoms with Gasteiger partial charge in [-0.2, -0.15) is 0 Å². The Bertz CT molecular complexity index is 839. The van der Waals surface area contributed by atoms with E-state index < -0.39 is 5.97 Å². The number of para-hydroxylation sites is 1. The van der Waals surface area contributed by atoms with Gasteiger partial charge in [-0.15, -0.1) is 0 Å². The van der Waals surface area contributed by atoms with E-state index in [-0.39, 0.29) is 4.88 Å². The van der Waals surface area contributed by atoms with Crippen molar-refractivity contribution >= 4 is 39.0 Å². The Morgan fingerprint density at radius 2 is 2.09 bits per heavy atom. The Morgan fingerprint density at radius 1 is 1.32 bits per heavy atom. The van der Waals surface area contributed by atoms with Crippen LogP contribution in [-0.4, -0.2) is 27.6 Å². The lowest BCUT2D eigenvalue weighted by molar-refractivity contribution is 0.0701. The monoisotopic (exact) mass is 313 g/mol. The van der Waals surface area contributed by atoms with Gasteiger partial charge in [0.2, 0.25) is 0 Å². The summed E-state index contributed by atoms with van der Waals surface area (Å²) >= 11 is 1.20. The van der Waals surface area contributed by atoms with E-state index in [9.17, 15) is 9.90 Å². The number of rotatable bonds is 4. The van der Waals surface area contributed by atoms with Crippen molar-refractivity contribution in [3.63, 3.8) is 0 Å². The maximum Gasteiger partial charge on any atom is 0.347 e. The fraction of sp³-hybridized carbons (Fsp3) is 0.188. The molecule has 0 radical (unpaired) electrons. The smallest absolute Gasteiger partial charge is 0.347 e. The summed E-state index contributed by atoms with van der Waals surface area (Å²) in [5.41, 5.74) is 2.44. The molecule has 6 heteroatoms. The quantitative estimate of drug-likeness (QED) is 0.792. The maximum atomic E-state index is 11.2. The number of hydrogen-bond acceptors (Lipinski definition) is 5. The lowest BCUT2D eigenvalue weighted by Crippen LogP contribution is -2.16. The number of anilines is 2. The van der Waals surface area contributed by atoms with Gasteiger partial charge in [0, 0.05) is 18.1 Å². The van der Waals surface area contributed by atoms with Gasteiger partial charge >= 0.3 is 5.97 Å². The molecule has 0 unspecified atom stereocenters. The second-order valence-corrected chi connectivity index (χ2v) is 5.79. The number of hydrogen-bond donors (Lipinski definition) is 1. The van der Waals surface area contributed by atoms with Crippen LogP contribution in [0.4, 0.5) is 10.8 Å². The van der Waals surface area contributed by atoms with Crippen molar-refractivity contribution in [2.45, 2.75) is 13.8 Å². The van der Waals surface area contributed by atoms with Crippen LogP contribution in [0.25, 0.3) is 10.9 Å². The molecular weight excluding hydrogens is 298 g/mol. The van der Waals surface area contributed by atoms with Gasteiger partial charge in [-0.25, -0.2) is 9.78 Å². The molecular formula is C16H15N3O2S. The minimum atomic E-state index is -0.933. The second kappa shape index (κ2) is 5.73. The molecule has 1 N–H and O–H groups in total. The van der Waals surface area contributed by atoms with Crippen molar-refractivity contribution < 1.29 is 9.90 Å². The Balaban J connectivity index is 2.14. The predicted octanol–water partition coefficient (Wildman–Crippen LogP) is 3.86. The van der Waals surface area contributed by atoms with Gasteiger partial charge in [0.1, 0.15) is 4.88 Å². The Labute approximate surface area is 131 Å². The van der Waals surface area contributed by atoms with Crippen LogP contribution in [0.15, 0.2) is 36.5 Å². The summed E-state index contributed by atoms with van der Waals surface area (Å²) in [6.07, 6.45) is 1.76. The number of pyridine rings is 1. The molecule has 0 aliphatic carbocycles. The van der Waals surface area contributed by atoms with E-state index >= 15 is 0 Å². The second-order valence-electron chi connectivity index (χ2n) is 4.81. The fourth-order valence-electron chi connectivity index (χ4n) is 2.42. The number of carboxylic acid groups (broad SMARTS) is 1. The van der Waals surface area contributed by atoms with E-state index in [1.54, 1.807) is 13.1 Å². The number of thiazole rings is 1. The van der Waals surface area contributed by atoms with Gasteiger partial charge in [-0.05, 0) is 26.0 Å². The van der Waals surface area contributed by atoms with Gasteiger partial charge in [-0.3, -0.25) is 4.98 Å². The van der Waals surface area contributed by atoms with Crippen LogP contribution in [0, 0.1) is 6.92 Å². The number of carboxylic acids is 1. The van der Waals surface area contributed by atoms with Crippen molar-refractivity contribution in [1.29, 1.82) is 0 Å². The number of aryl methyl sites for hydroxylation is 1. The van der Waals surface area contributed by atoms with E-state index in [1.807, 2.05) is 42.2 Å². The van der Waals surface area contributed by atoms with Crippen LogP contribution in [0.1, 0.15) is 22.3 Å². The highest BCUT2D eigenvalue weighted by Crippen LogP contribution is 2.34. The van der Waals surface area contributed by atoms with Crippen LogP contribution in [0.3, 0.4) is 0 Å². The summed E-state index contributed by atoms with van der Waals surface area (Å²) in [5.74, 6) is -0.933. The third kappa shape index (κ3) is 2.42. The van der Waals surface area contributed by atoms with Gasteiger partial charge in [-0.1, -0.05) is 29.5 Å². The molecule has 5 nitrogen and oxygen atoms in total. The fourth-order valence-corrected chi connectivity index (χ4v) is 3.40. The molecule has 0 saturated heterocycles. The normalized spacial score (nSPS) is 10.8. The van der Waals surface area contributed by atoms with Gasteiger partial charge in [0.25, 0.3) is 0 Å². The molecule has 0 bridgehead atoms. The van der Waals surface area contributed by atoms with E-state index in [0.717, 1.165) is 16.6 Å². The van der Waals surface area contributed by atoms with Crippen LogP contribution < -0.4 is 4.90 Å². The third-order valence-electron chi connectivity index (χ3n) is 3.44. The molecule has 0 amide bonds. The maximum absolute atomic E-state index is 11.2. The molecule has 0 spiro atoms. The van der Waals surface area contributed by atoms with Crippen molar-refractivity contribution in [1.82, 2.24) is 9.97 Å². The molecule has 0 aliphatic rings. The molecule has 112 valence electrons. The predicted molar refractivity (Wildman–Crippen MR) is 88.2 cm³/mol. The Kier molecular flexibility index (Phi) is 3.77. The Hall–Kier alpha value is -2.47. The zero-order chi connectivity index (χ0) is 15.7. The summed E-state index contributed by atoms with van der Waals surface area (Å²) < 4.78 is 0. The van der Waals surface area contributed by atoms with E-state index in [2.05, 4.69) is 9.97 Å². The SMILES string of the molecule is CCN(c1nc(C)c(C(=O)O)s1)c1ccnc2ccccc12. The minimum absolute atomic E-state index is 0.284. The van der Waals surface area contributed by atoms with Crippen molar-refractivity contribution in [2.75, 3.05) is 11.4 Å². The topological polar surface area (TPSA) is 66.3 Å². The summed E-state index contributed by atoms with van der Waals surface area (Å²) in [4.78, 5) is 22.3. The number of benzene rings is 1. The molecule has 2 aromatic heterocycles. The molecule has 0 fully saturated rings. The molecule has 3 aromatic rings. The van der Waals surface area contributed by atoms with E-state index in [0.29, 0.717) is 17.4 Å². The van der Waals surface area contributed by atoms with Gasteiger partial charge < -0.3 is 10.0 Å². The zero-order valence-electron chi connectivity index (χ0n) is 12.3. The first-order valence-electron chi connectivity index (χ1n) is 6.93. The molecule has 3 rings (SSSR count). The van der Waals surface area contributed by atoms with Crippen molar-refractivity contribution in [2.24, 2.45) is 0 Å². The molecule has 0 saturated carbocycles. The third-order valence-corrected chi connectivity index (χ3v) is 4.61. The number of nitrogens with zero attached hydrogens (tertiary/aromatic N) is 3. The lowest BCUT2D eigenvalue weighted by Gasteiger charge is -2.21. The first-order valence-corrected chi connectivity index (χ1v) is 7.75. The first-order chi connectivity index (χ1) is 10.6. The molecule has 0 aliphatic heterocycles. The molecule has 0 atom stereocenters.